The highest BCUT2D eigenvalue weighted by atomic mass is 35.5. The first kappa shape index (κ1) is 16.0. The second-order valence-corrected chi connectivity index (χ2v) is 6.28. The van der Waals surface area contributed by atoms with Crippen LogP contribution in [-0.2, 0) is 0 Å². The van der Waals surface area contributed by atoms with Gasteiger partial charge < -0.3 is 10.0 Å². The first-order valence-corrected chi connectivity index (χ1v) is 8.17. The van der Waals surface area contributed by atoms with Crippen molar-refractivity contribution in [2.75, 3.05) is 13.1 Å². The van der Waals surface area contributed by atoms with Crippen molar-refractivity contribution in [1.29, 1.82) is 0 Å². The maximum Gasteiger partial charge on any atom is 0.272 e. The normalized spacial score (nSPS) is 17.0. The Hall–Kier alpha value is -1.91. The number of carbonyl (C=O) groups is 1. The van der Waals surface area contributed by atoms with Crippen molar-refractivity contribution in [3.8, 4) is 0 Å². The van der Waals surface area contributed by atoms with Crippen molar-refractivity contribution >= 4 is 17.5 Å². The molecule has 2 aromatic rings. The number of aliphatic hydroxyl groups excluding tert-OH is 1. The standard InChI is InChI=1S/C18H19ClN2O2/c19-15-6-4-13(5-7-15)17(22)14-8-11-21(12-9-14)18(23)16-3-1-2-10-20-16/h1-7,10,14,17,22H,8-9,11-12H2. The van der Waals surface area contributed by atoms with Gasteiger partial charge in [0.1, 0.15) is 5.69 Å². The Labute approximate surface area is 140 Å². The van der Waals surface area contributed by atoms with Crippen LogP contribution in [-0.4, -0.2) is 34.0 Å². The molecule has 2 heterocycles. The predicted octanol–water partition coefficient (Wildman–Crippen LogP) is 3.32. The summed E-state index contributed by atoms with van der Waals surface area (Å²) in [6.07, 6.45) is 2.68. The first-order valence-electron chi connectivity index (χ1n) is 7.79. The lowest BCUT2D eigenvalue weighted by atomic mass is 9.87. The Kier molecular flexibility index (Phi) is 4.94. The molecule has 1 aromatic heterocycles. The number of likely N-dealkylation sites (tertiary alicyclic amines) is 1. The summed E-state index contributed by atoms with van der Waals surface area (Å²) in [5, 5.41) is 11.2. The van der Waals surface area contributed by atoms with Gasteiger partial charge in [-0.1, -0.05) is 29.8 Å². The zero-order valence-electron chi connectivity index (χ0n) is 12.7. The topological polar surface area (TPSA) is 53.4 Å². The Morgan fingerprint density at radius 3 is 2.48 bits per heavy atom. The lowest BCUT2D eigenvalue weighted by Crippen LogP contribution is -2.40. The average Bonchev–Trinajstić information content (AvgIpc) is 2.62. The minimum Gasteiger partial charge on any atom is -0.388 e. The van der Waals surface area contributed by atoms with Crippen molar-refractivity contribution < 1.29 is 9.90 Å². The van der Waals surface area contributed by atoms with Gasteiger partial charge in [-0.15, -0.1) is 0 Å². The minimum atomic E-state index is -0.514. The van der Waals surface area contributed by atoms with Crippen LogP contribution in [0.25, 0.3) is 0 Å². The van der Waals surface area contributed by atoms with Gasteiger partial charge in [-0.05, 0) is 48.6 Å². The number of rotatable bonds is 3. The monoisotopic (exact) mass is 330 g/mol. The molecule has 1 saturated heterocycles. The largest absolute Gasteiger partial charge is 0.388 e. The number of nitrogens with zero attached hydrogens (tertiary/aromatic N) is 2. The van der Waals surface area contributed by atoms with Gasteiger partial charge in [-0.25, -0.2) is 0 Å². The van der Waals surface area contributed by atoms with Crippen LogP contribution in [0, 0.1) is 5.92 Å². The zero-order valence-corrected chi connectivity index (χ0v) is 13.5. The van der Waals surface area contributed by atoms with Crippen LogP contribution in [0.4, 0.5) is 0 Å². The average molecular weight is 331 g/mol. The fourth-order valence-corrected chi connectivity index (χ4v) is 3.13. The van der Waals surface area contributed by atoms with E-state index in [1.165, 1.54) is 0 Å². The molecule has 1 aliphatic rings. The van der Waals surface area contributed by atoms with E-state index in [2.05, 4.69) is 4.98 Å². The second kappa shape index (κ2) is 7.11. The molecule has 1 N–H and O–H groups in total. The smallest absolute Gasteiger partial charge is 0.272 e. The van der Waals surface area contributed by atoms with E-state index < -0.39 is 6.10 Å². The second-order valence-electron chi connectivity index (χ2n) is 5.84. The highest BCUT2D eigenvalue weighted by molar-refractivity contribution is 6.30. The minimum absolute atomic E-state index is 0.0370. The van der Waals surface area contributed by atoms with Gasteiger partial charge in [-0.3, -0.25) is 9.78 Å². The Balaban J connectivity index is 1.60. The summed E-state index contributed by atoms with van der Waals surface area (Å²) in [6.45, 7) is 1.29. The molecule has 1 unspecified atom stereocenters. The number of aromatic nitrogens is 1. The summed E-state index contributed by atoms with van der Waals surface area (Å²) in [5.41, 5.74) is 1.35. The molecule has 5 heteroatoms. The van der Waals surface area contributed by atoms with Gasteiger partial charge in [0.2, 0.25) is 0 Å². The summed E-state index contributed by atoms with van der Waals surface area (Å²) in [6, 6.07) is 12.6. The molecule has 0 bridgehead atoms. The van der Waals surface area contributed by atoms with Crippen molar-refractivity contribution in [3.63, 3.8) is 0 Å². The molecule has 1 amide bonds. The van der Waals surface area contributed by atoms with Crippen LogP contribution in [0.3, 0.4) is 0 Å². The van der Waals surface area contributed by atoms with Crippen LogP contribution >= 0.6 is 11.6 Å². The van der Waals surface area contributed by atoms with Crippen molar-refractivity contribution in [1.82, 2.24) is 9.88 Å². The maximum absolute atomic E-state index is 12.4. The lowest BCUT2D eigenvalue weighted by molar-refractivity contribution is 0.0458. The number of hydrogen-bond acceptors (Lipinski definition) is 3. The summed E-state index contributed by atoms with van der Waals surface area (Å²) < 4.78 is 0. The first-order chi connectivity index (χ1) is 11.1. The van der Waals surface area contributed by atoms with E-state index in [4.69, 9.17) is 11.6 Å². The van der Waals surface area contributed by atoms with Crippen LogP contribution in [0.2, 0.25) is 5.02 Å². The number of carbonyl (C=O) groups excluding carboxylic acids is 1. The molecule has 0 radical (unpaired) electrons. The third kappa shape index (κ3) is 3.71. The molecule has 1 fully saturated rings. The van der Waals surface area contributed by atoms with E-state index in [0.29, 0.717) is 23.8 Å². The van der Waals surface area contributed by atoms with Crippen LogP contribution in [0.1, 0.15) is 35.0 Å². The third-order valence-electron chi connectivity index (χ3n) is 4.37. The number of hydrogen-bond donors (Lipinski definition) is 1. The fourth-order valence-electron chi connectivity index (χ4n) is 3.00. The van der Waals surface area contributed by atoms with Crippen LogP contribution < -0.4 is 0 Å². The van der Waals surface area contributed by atoms with E-state index in [9.17, 15) is 9.90 Å². The van der Waals surface area contributed by atoms with Gasteiger partial charge >= 0.3 is 0 Å². The van der Waals surface area contributed by atoms with Crippen LogP contribution in [0.5, 0.6) is 0 Å². The fraction of sp³-hybridized carbons (Fsp3) is 0.333. The number of pyridine rings is 1. The van der Waals surface area contributed by atoms with Gasteiger partial charge in [0, 0.05) is 24.3 Å². The number of amides is 1. The number of benzene rings is 1. The summed E-state index contributed by atoms with van der Waals surface area (Å²) in [5.74, 6) is 0.119. The van der Waals surface area contributed by atoms with Crippen LogP contribution in [0.15, 0.2) is 48.7 Å². The van der Waals surface area contributed by atoms with Crippen molar-refractivity contribution in [3.05, 3.63) is 64.9 Å². The molecule has 0 spiro atoms. The highest BCUT2D eigenvalue weighted by Gasteiger charge is 2.28. The molecule has 1 atom stereocenters. The van der Waals surface area contributed by atoms with E-state index in [1.54, 1.807) is 30.5 Å². The van der Waals surface area contributed by atoms with Gasteiger partial charge in [0.05, 0.1) is 6.10 Å². The molecule has 0 aliphatic carbocycles. The lowest BCUT2D eigenvalue weighted by Gasteiger charge is -2.34. The molecule has 3 rings (SSSR count). The number of piperidine rings is 1. The summed E-state index contributed by atoms with van der Waals surface area (Å²) >= 11 is 5.88. The molecule has 0 saturated carbocycles. The van der Waals surface area contributed by atoms with E-state index in [1.807, 2.05) is 23.1 Å². The van der Waals surface area contributed by atoms with Crippen molar-refractivity contribution in [2.24, 2.45) is 5.92 Å². The quantitative estimate of drug-likeness (QED) is 0.939. The number of aliphatic hydroxyl groups is 1. The third-order valence-corrected chi connectivity index (χ3v) is 4.62. The Morgan fingerprint density at radius 1 is 1.17 bits per heavy atom. The van der Waals surface area contributed by atoms with Crippen molar-refractivity contribution in [2.45, 2.75) is 18.9 Å². The van der Waals surface area contributed by atoms with E-state index in [-0.39, 0.29) is 11.8 Å². The van der Waals surface area contributed by atoms with Gasteiger partial charge in [0.25, 0.3) is 5.91 Å². The molecular formula is C18H19ClN2O2. The Bertz CT molecular complexity index is 652. The Morgan fingerprint density at radius 2 is 1.87 bits per heavy atom. The predicted molar refractivity (Wildman–Crippen MR) is 89.3 cm³/mol. The molecule has 1 aromatic carbocycles. The number of halogens is 1. The zero-order chi connectivity index (χ0) is 16.2. The van der Waals surface area contributed by atoms with Gasteiger partial charge in [0.15, 0.2) is 0 Å². The molecule has 120 valence electrons. The summed E-state index contributed by atoms with van der Waals surface area (Å²) in [4.78, 5) is 18.3. The van der Waals surface area contributed by atoms with Gasteiger partial charge in [-0.2, -0.15) is 0 Å². The molecule has 1 aliphatic heterocycles. The SMILES string of the molecule is O=C(c1ccccn1)N1CCC(C(O)c2ccc(Cl)cc2)CC1. The van der Waals surface area contributed by atoms with E-state index in [0.717, 1.165) is 18.4 Å². The molecular weight excluding hydrogens is 312 g/mol. The highest BCUT2D eigenvalue weighted by Crippen LogP contribution is 2.31. The summed E-state index contributed by atoms with van der Waals surface area (Å²) in [7, 11) is 0. The molecule has 4 nitrogen and oxygen atoms in total. The van der Waals surface area contributed by atoms with E-state index >= 15 is 0 Å². The molecule has 23 heavy (non-hydrogen) atoms. The maximum atomic E-state index is 12.4.